The number of carbonyl (C=O) groups excluding carboxylic acids is 5. The van der Waals surface area contributed by atoms with Crippen molar-refractivity contribution in [3.63, 3.8) is 0 Å². The number of ketones is 1. The van der Waals surface area contributed by atoms with Crippen LogP contribution in [-0.4, -0.2) is 112 Å². The molecule has 2 unspecified atom stereocenters. The predicted molar refractivity (Wildman–Crippen MR) is 208 cm³/mol. The Balaban J connectivity index is 1.51. The predicted octanol–water partition coefficient (Wildman–Crippen LogP) is 3.91. The van der Waals surface area contributed by atoms with Crippen LogP contribution in [0.4, 0.5) is 4.79 Å². The minimum atomic E-state index is -2.27. The third kappa shape index (κ3) is 7.45. The lowest BCUT2D eigenvalue weighted by atomic mass is 9.44. The minimum Gasteiger partial charge on any atom is -0.456 e. The van der Waals surface area contributed by atoms with Gasteiger partial charge in [-0.25, -0.2) is 14.4 Å². The molecule has 0 spiro atoms. The highest BCUT2D eigenvalue weighted by atomic mass is 16.6. The molecule has 15 heteroatoms. The molecule has 2 aromatic rings. The van der Waals surface area contributed by atoms with E-state index in [4.69, 9.17) is 28.4 Å². The Labute approximate surface area is 343 Å². The lowest BCUT2D eigenvalue weighted by molar-refractivity contribution is -0.346. The first kappa shape index (κ1) is 43.9. The molecule has 320 valence electrons. The van der Waals surface area contributed by atoms with Crippen molar-refractivity contribution < 1.29 is 67.7 Å². The summed E-state index contributed by atoms with van der Waals surface area (Å²) in [7, 11) is 1.29. The van der Waals surface area contributed by atoms with Gasteiger partial charge in [-0.2, -0.15) is 0 Å². The molecule has 1 amide bonds. The molecule has 4 N–H and O–H groups in total. The van der Waals surface area contributed by atoms with E-state index in [2.05, 4.69) is 5.32 Å². The highest BCUT2D eigenvalue weighted by Gasteiger charge is 2.78. The Bertz CT molecular complexity index is 1990. The summed E-state index contributed by atoms with van der Waals surface area (Å²) in [6.45, 7) is 12.3. The van der Waals surface area contributed by atoms with Crippen LogP contribution in [0.25, 0.3) is 0 Å². The first-order chi connectivity index (χ1) is 27.5. The van der Waals surface area contributed by atoms with Gasteiger partial charge in [-0.15, -0.1) is 0 Å². The standard InChI is InChI=1S/C44H55NO14/c1-23-27(56-38(51)32(48)31(25-16-12-10-13-17-25)45-39(52)59-40(3,4)5)21-44(53)36(57-37(50)26-18-14-11-15-19-26)34-42(8,35(49)33(54-9)30(23)41(44,6)7)28(47)20-29-43(34,22-55-29)58-24(2)46/h10-19,27-29,31-34,36,47-48,53H,20-22H2,1-9H3,(H,45,52)/t27-,28-,29+,31-,32+,33+,34?,36?,42+,43-,44+/m0/s1. The molecule has 2 saturated carbocycles. The van der Waals surface area contributed by atoms with Gasteiger partial charge in [0.05, 0.1) is 35.6 Å². The zero-order valence-corrected chi connectivity index (χ0v) is 34.8. The van der Waals surface area contributed by atoms with E-state index in [0.29, 0.717) is 11.1 Å². The lowest BCUT2D eigenvalue weighted by Crippen LogP contribution is -2.81. The van der Waals surface area contributed by atoms with Gasteiger partial charge >= 0.3 is 24.0 Å². The van der Waals surface area contributed by atoms with Gasteiger partial charge in [-0.1, -0.05) is 62.4 Å². The highest BCUT2D eigenvalue weighted by Crippen LogP contribution is 2.64. The molecule has 1 aliphatic heterocycles. The quantitative estimate of drug-likeness (QED) is 0.161. The second-order valence-electron chi connectivity index (χ2n) is 17.8. The maximum atomic E-state index is 15.3. The topological polar surface area (TPSA) is 213 Å². The Morgan fingerprint density at radius 1 is 0.966 bits per heavy atom. The summed E-state index contributed by atoms with van der Waals surface area (Å²) in [4.78, 5) is 69.6. The van der Waals surface area contributed by atoms with Crippen LogP contribution in [0.1, 0.15) is 90.2 Å². The number of nitrogens with one attached hydrogen (secondary N) is 1. The van der Waals surface area contributed by atoms with E-state index in [9.17, 15) is 34.5 Å². The summed E-state index contributed by atoms with van der Waals surface area (Å²) in [6.07, 6.45) is -10.5. The number of Topliss-reactive ketones (excluding diaryl/α,β-unsaturated/α-hetero) is 1. The number of rotatable bonds is 9. The summed E-state index contributed by atoms with van der Waals surface area (Å²) < 4.78 is 35.8. The molecule has 1 heterocycles. The zero-order valence-electron chi connectivity index (χ0n) is 34.8. The van der Waals surface area contributed by atoms with Crippen LogP contribution in [0, 0.1) is 16.7 Å². The van der Waals surface area contributed by atoms with E-state index >= 15 is 4.79 Å². The number of alkyl carbamates (subject to hydrolysis) is 1. The molecule has 0 radical (unpaired) electrons. The molecule has 3 aliphatic carbocycles. The smallest absolute Gasteiger partial charge is 0.408 e. The monoisotopic (exact) mass is 821 g/mol. The van der Waals surface area contributed by atoms with Crippen molar-refractivity contribution in [1.82, 2.24) is 5.32 Å². The summed E-state index contributed by atoms with van der Waals surface area (Å²) in [5, 5.41) is 39.8. The molecular formula is C44H55NO14. The van der Waals surface area contributed by atoms with Crippen LogP contribution < -0.4 is 5.32 Å². The van der Waals surface area contributed by atoms with E-state index in [1.807, 2.05) is 0 Å². The third-order valence-corrected chi connectivity index (χ3v) is 12.8. The van der Waals surface area contributed by atoms with Crippen LogP contribution in [0.3, 0.4) is 0 Å². The number of ether oxygens (including phenoxy) is 6. The maximum Gasteiger partial charge on any atom is 0.408 e. The van der Waals surface area contributed by atoms with E-state index in [0.717, 1.165) is 0 Å². The fourth-order valence-electron chi connectivity index (χ4n) is 9.75. The van der Waals surface area contributed by atoms with Gasteiger partial charge in [-0.3, -0.25) is 9.59 Å². The van der Waals surface area contributed by atoms with Crippen molar-refractivity contribution in [2.45, 2.75) is 128 Å². The number of esters is 3. The number of methoxy groups -OCH3 is 1. The van der Waals surface area contributed by atoms with Gasteiger partial charge in [-0.05, 0) is 63.5 Å². The SMILES string of the molecule is CO[C@H]1C(=O)[C@@]2(C)C(C(OC(=O)c3ccccc3)[C@]3(O)C[C@H](OC(=O)[C@H](O)[C@@H](NC(=O)OC(C)(C)C)c4ccccc4)C(C)=C1C3(C)C)[C@]1(OC(C)=O)CO[C@@H]1C[C@@H]2O. The zero-order chi connectivity index (χ0) is 43.5. The van der Waals surface area contributed by atoms with Crippen molar-refractivity contribution in [1.29, 1.82) is 0 Å². The van der Waals surface area contributed by atoms with Crippen molar-refractivity contribution in [3.8, 4) is 0 Å². The number of hydrogen-bond donors (Lipinski definition) is 4. The number of aliphatic hydroxyl groups excluding tert-OH is 2. The Hall–Kier alpha value is -4.67. The van der Waals surface area contributed by atoms with Gasteiger partial charge in [0, 0.05) is 32.3 Å². The normalized spacial score (nSPS) is 33.3. The molecule has 2 bridgehead atoms. The third-order valence-electron chi connectivity index (χ3n) is 12.8. The van der Waals surface area contributed by atoms with Gasteiger partial charge in [0.1, 0.15) is 35.6 Å². The number of benzene rings is 2. The fraction of sp³-hybridized carbons (Fsp3) is 0.568. The molecule has 6 rings (SSSR count). The van der Waals surface area contributed by atoms with Crippen molar-refractivity contribution in [2.75, 3.05) is 13.7 Å². The largest absolute Gasteiger partial charge is 0.456 e. The average molecular weight is 822 g/mol. The van der Waals surface area contributed by atoms with Crippen LogP contribution >= 0.6 is 0 Å². The van der Waals surface area contributed by atoms with Gasteiger partial charge in [0.25, 0.3) is 0 Å². The van der Waals surface area contributed by atoms with Gasteiger partial charge in [0.15, 0.2) is 17.5 Å². The summed E-state index contributed by atoms with van der Waals surface area (Å²) >= 11 is 0. The molecule has 1 saturated heterocycles. The highest BCUT2D eigenvalue weighted by molar-refractivity contribution is 5.94. The second kappa shape index (κ2) is 15.7. The van der Waals surface area contributed by atoms with E-state index in [-0.39, 0.29) is 24.2 Å². The number of fused-ring (bicyclic) bond motifs is 5. The molecule has 2 aromatic carbocycles. The number of carbonyl (C=O) groups is 5. The Kier molecular flexibility index (Phi) is 11.7. The second-order valence-corrected chi connectivity index (χ2v) is 17.8. The van der Waals surface area contributed by atoms with Crippen molar-refractivity contribution in [3.05, 3.63) is 82.9 Å². The molecule has 59 heavy (non-hydrogen) atoms. The summed E-state index contributed by atoms with van der Waals surface area (Å²) in [6, 6.07) is 14.9. The van der Waals surface area contributed by atoms with Crippen molar-refractivity contribution >= 4 is 29.8 Å². The number of hydrogen-bond acceptors (Lipinski definition) is 14. The van der Waals surface area contributed by atoms with Crippen molar-refractivity contribution in [2.24, 2.45) is 16.7 Å². The molecule has 11 atom stereocenters. The molecule has 0 aromatic heterocycles. The molecule has 3 fully saturated rings. The minimum absolute atomic E-state index is 0.108. The number of aliphatic hydroxyl groups is 3. The maximum absolute atomic E-state index is 15.3. The van der Waals surface area contributed by atoms with Crippen LogP contribution in [-0.2, 0) is 42.8 Å². The first-order valence-corrected chi connectivity index (χ1v) is 19.7. The van der Waals surface area contributed by atoms with Gasteiger partial charge < -0.3 is 49.1 Å². The Morgan fingerprint density at radius 2 is 1.58 bits per heavy atom. The van der Waals surface area contributed by atoms with Crippen LogP contribution in [0.15, 0.2) is 71.8 Å². The molecular weight excluding hydrogens is 766 g/mol. The van der Waals surface area contributed by atoms with E-state index < -0.39 is 112 Å². The van der Waals surface area contributed by atoms with Crippen LogP contribution in [0.5, 0.6) is 0 Å². The van der Waals surface area contributed by atoms with E-state index in [1.165, 1.54) is 33.1 Å². The summed E-state index contributed by atoms with van der Waals surface area (Å²) in [5.74, 6) is -4.91. The molecule has 15 nitrogen and oxygen atoms in total. The number of amides is 1. The Morgan fingerprint density at radius 3 is 2.12 bits per heavy atom. The molecule has 4 aliphatic rings. The first-order valence-electron chi connectivity index (χ1n) is 19.7. The van der Waals surface area contributed by atoms with Gasteiger partial charge in [0.2, 0.25) is 0 Å². The van der Waals surface area contributed by atoms with E-state index in [1.54, 1.807) is 90.1 Å². The lowest BCUT2D eigenvalue weighted by Gasteiger charge is -2.67. The average Bonchev–Trinajstić information content (AvgIpc) is 3.16. The summed E-state index contributed by atoms with van der Waals surface area (Å²) in [5.41, 5.74) is -7.29. The fourth-order valence-corrected chi connectivity index (χ4v) is 9.75. The van der Waals surface area contributed by atoms with Crippen LogP contribution in [0.2, 0.25) is 0 Å².